The topological polar surface area (TPSA) is 54.0 Å². The number of methoxy groups -OCH3 is 3. The van der Waals surface area contributed by atoms with Gasteiger partial charge in [0.05, 0.1) is 26.9 Å². The molecule has 0 saturated carbocycles. The summed E-state index contributed by atoms with van der Waals surface area (Å²) in [5.74, 6) is 1.30. The van der Waals surface area contributed by atoms with Gasteiger partial charge < -0.3 is 18.9 Å². The number of benzene rings is 2. The third-order valence-corrected chi connectivity index (χ3v) is 3.69. The standard InChI is InChI=1S/C17H16O5/c1-19-13-7-11(8-14(20-2)16(13)21-3)12-6-4-5-10-9-22-17(18)15(10)12/h4-8H,9H2,1-3H3. The van der Waals surface area contributed by atoms with Crippen LogP contribution in [0.2, 0.25) is 0 Å². The van der Waals surface area contributed by atoms with E-state index < -0.39 is 0 Å². The molecule has 1 aliphatic rings. The van der Waals surface area contributed by atoms with Crippen molar-refractivity contribution < 1.29 is 23.7 Å². The van der Waals surface area contributed by atoms with Crippen molar-refractivity contribution >= 4 is 5.97 Å². The molecule has 0 saturated heterocycles. The fourth-order valence-corrected chi connectivity index (χ4v) is 2.65. The molecule has 0 aromatic heterocycles. The van der Waals surface area contributed by atoms with Crippen molar-refractivity contribution in [2.24, 2.45) is 0 Å². The molecule has 0 radical (unpaired) electrons. The van der Waals surface area contributed by atoms with E-state index in [0.29, 0.717) is 29.4 Å². The number of ether oxygens (including phenoxy) is 4. The number of hydrogen-bond acceptors (Lipinski definition) is 5. The molecule has 2 aromatic rings. The summed E-state index contributed by atoms with van der Waals surface area (Å²) in [5, 5.41) is 0. The molecule has 0 amide bonds. The molecule has 0 unspecified atom stereocenters. The normalized spacial score (nSPS) is 12.6. The maximum absolute atomic E-state index is 12.0. The van der Waals surface area contributed by atoms with Gasteiger partial charge >= 0.3 is 5.97 Å². The van der Waals surface area contributed by atoms with Gasteiger partial charge in [-0.15, -0.1) is 0 Å². The fraction of sp³-hybridized carbons (Fsp3) is 0.235. The van der Waals surface area contributed by atoms with E-state index in [4.69, 9.17) is 18.9 Å². The Kier molecular flexibility index (Phi) is 3.63. The van der Waals surface area contributed by atoms with Crippen LogP contribution in [0.5, 0.6) is 17.2 Å². The minimum Gasteiger partial charge on any atom is -0.493 e. The second kappa shape index (κ2) is 5.60. The summed E-state index contributed by atoms with van der Waals surface area (Å²) in [4.78, 5) is 12.0. The molecule has 0 N–H and O–H groups in total. The fourth-order valence-electron chi connectivity index (χ4n) is 2.65. The van der Waals surface area contributed by atoms with Crippen molar-refractivity contribution in [3.8, 4) is 28.4 Å². The van der Waals surface area contributed by atoms with E-state index >= 15 is 0 Å². The van der Waals surface area contributed by atoms with Crippen molar-refractivity contribution in [3.63, 3.8) is 0 Å². The Morgan fingerprint density at radius 2 is 1.68 bits per heavy atom. The molecule has 22 heavy (non-hydrogen) atoms. The van der Waals surface area contributed by atoms with E-state index in [1.54, 1.807) is 21.3 Å². The first-order valence-corrected chi connectivity index (χ1v) is 6.79. The second-order valence-corrected chi connectivity index (χ2v) is 4.83. The van der Waals surface area contributed by atoms with Gasteiger partial charge in [0.2, 0.25) is 5.75 Å². The Morgan fingerprint density at radius 3 is 2.27 bits per heavy atom. The summed E-state index contributed by atoms with van der Waals surface area (Å²) in [5.41, 5.74) is 3.08. The molecule has 1 heterocycles. The lowest BCUT2D eigenvalue weighted by molar-refractivity contribution is 0.0535. The molecule has 2 aromatic carbocycles. The highest BCUT2D eigenvalue weighted by Gasteiger charge is 2.26. The lowest BCUT2D eigenvalue weighted by Gasteiger charge is -2.15. The predicted molar refractivity (Wildman–Crippen MR) is 80.7 cm³/mol. The van der Waals surface area contributed by atoms with Crippen LogP contribution in [-0.2, 0) is 11.3 Å². The van der Waals surface area contributed by atoms with Crippen LogP contribution in [0.3, 0.4) is 0 Å². The van der Waals surface area contributed by atoms with Crippen LogP contribution in [0.25, 0.3) is 11.1 Å². The molecule has 3 rings (SSSR count). The third-order valence-electron chi connectivity index (χ3n) is 3.69. The van der Waals surface area contributed by atoms with E-state index in [2.05, 4.69) is 0 Å². The average Bonchev–Trinajstić information content (AvgIpc) is 2.94. The van der Waals surface area contributed by atoms with Gasteiger partial charge in [0.1, 0.15) is 6.61 Å². The minimum atomic E-state index is -0.306. The highest BCUT2D eigenvalue weighted by Crippen LogP contribution is 2.42. The lowest BCUT2D eigenvalue weighted by Crippen LogP contribution is -1.99. The third kappa shape index (κ3) is 2.15. The Morgan fingerprint density at radius 1 is 1.00 bits per heavy atom. The van der Waals surface area contributed by atoms with Gasteiger partial charge in [-0.3, -0.25) is 0 Å². The maximum atomic E-state index is 12.0. The number of hydrogen-bond donors (Lipinski definition) is 0. The van der Waals surface area contributed by atoms with Gasteiger partial charge in [-0.1, -0.05) is 18.2 Å². The SMILES string of the molecule is COc1cc(-c2cccc3c2C(=O)OC3)cc(OC)c1OC. The van der Waals surface area contributed by atoms with Crippen LogP contribution >= 0.6 is 0 Å². The van der Waals surface area contributed by atoms with Crippen LogP contribution in [0, 0.1) is 0 Å². The van der Waals surface area contributed by atoms with Crippen LogP contribution in [-0.4, -0.2) is 27.3 Å². The van der Waals surface area contributed by atoms with E-state index in [1.165, 1.54) is 0 Å². The van der Waals surface area contributed by atoms with Crippen LogP contribution in [0.15, 0.2) is 30.3 Å². The zero-order valence-electron chi connectivity index (χ0n) is 12.6. The van der Waals surface area contributed by atoms with Crippen LogP contribution in [0.4, 0.5) is 0 Å². The summed E-state index contributed by atoms with van der Waals surface area (Å²) in [6, 6.07) is 9.32. The van der Waals surface area contributed by atoms with Crippen molar-refractivity contribution in [1.29, 1.82) is 0 Å². The van der Waals surface area contributed by atoms with E-state index in [1.807, 2.05) is 30.3 Å². The van der Waals surface area contributed by atoms with Gasteiger partial charge in [-0.05, 0) is 23.3 Å². The van der Waals surface area contributed by atoms with E-state index in [-0.39, 0.29) is 5.97 Å². The predicted octanol–water partition coefficient (Wildman–Crippen LogP) is 3.05. The Labute approximate surface area is 128 Å². The molecule has 0 bridgehead atoms. The molecule has 5 heteroatoms. The molecule has 1 aliphatic heterocycles. The smallest absolute Gasteiger partial charge is 0.339 e. The Balaban J connectivity index is 2.22. The zero-order chi connectivity index (χ0) is 15.7. The zero-order valence-corrected chi connectivity index (χ0v) is 12.6. The largest absolute Gasteiger partial charge is 0.493 e. The second-order valence-electron chi connectivity index (χ2n) is 4.83. The summed E-state index contributed by atoms with van der Waals surface area (Å²) in [7, 11) is 4.67. The molecular formula is C17H16O5. The summed E-state index contributed by atoms with van der Waals surface area (Å²) < 4.78 is 21.2. The molecule has 0 fully saturated rings. The first-order chi connectivity index (χ1) is 10.7. The van der Waals surface area contributed by atoms with Crippen LogP contribution in [0.1, 0.15) is 15.9 Å². The highest BCUT2D eigenvalue weighted by atomic mass is 16.5. The van der Waals surface area contributed by atoms with Crippen LogP contribution < -0.4 is 14.2 Å². The van der Waals surface area contributed by atoms with Gasteiger partial charge in [0, 0.05) is 5.56 Å². The summed E-state index contributed by atoms with van der Waals surface area (Å²) in [6.45, 7) is 0.312. The Bertz CT molecular complexity index is 711. The number of esters is 1. The van der Waals surface area contributed by atoms with Gasteiger partial charge in [-0.2, -0.15) is 0 Å². The molecule has 0 aliphatic carbocycles. The number of carbonyl (C=O) groups excluding carboxylic acids is 1. The summed E-state index contributed by atoms with van der Waals surface area (Å²) in [6.07, 6.45) is 0. The van der Waals surface area contributed by atoms with Crippen molar-refractivity contribution in [1.82, 2.24) is 0 Å². The molecule has 0 spiro atoms. The van der Waals surface area contributed by atoms with Crippen molar-refractivity contribution in [2.75, 3.05) is 21.3 Å². The highest BCUT2D eigenvalue weighted by molar-refractivity contribution is 6.01. The molecular weight excluding hydrogens is 284 g/mol. The summed E-state index contributed by atoms with van der Waals surface area (Å²) >= 11 is 0. The molecule has 5 nitrogen and oxygen atoms in total. The minimum absolute atomic E-state index is 0.306. The van der Waals surface area contributed by atoms with Gasteiger partial charge in [-0.25, -0.2) is 4.79 Å². The average molecular weight is 300 g/mol. The number of carbonyl (C=O) groups is 1. The molecule has 114 valence electrons. The maximum Gasteiger partial charge on any atom is 0.339 e. The number of fused-ring (bicyclic) bond motifs is 1. The van der Waals surface area contributed by atoms with Crippen molar-refractivity contribution in [3.05, 3.63) is 41.5 Å². The monoisotopic (exact) mass is 300 g/mol. The van der Waals surface area contributed by atoms with Crippen molar-refractivity contribution in [2.45, 2.75) is 6.61 Å². The first-order valence-electron chi connectivity index (χ1n) is 6.79. The van der Waals surface area contributed by atoms with Gasteiger partial charge in [0.25, 0.3) is 0 Å². The number of cyclic esters (lactones) is 1. The first kappa shape index (κ1) is 14.3. The van der Waals surface area contributed by atoms with E-state index in [0.717, 1.165) is 16.7 Å². The van der Waals surface area contributed by atoms with E-state index in [9.17, 15) is 4.79 Å². The quantitative estimate of drug-likeness (QED) is 0.812. The molecule has 0 atom stereocenters. The lowest BCUT2D eigenvalue weighted by atomic mass is 9.96. The van der Waals surface area contributed by atoms with Gasteiger partial charge in [0.15, 0.2) is 11.5 Å². The Hall–Kier alpha value is -2.69. The number of rotatable bonds is 4.